The van der Waals surface area contributed by atoms with Crippen molar-refractivity contribution in [3.05, 3.63) is 35.4 Å². The van der Waals surface area contributed by atoms with Crippen LogP contribution in [0, 0.1) is 17.2 Å². The molecule has 2 aliphatic rings. The van der Waals surface area contributed by atoms with E-state index >= 15 is 0 Å². The van der Waals surface area contributed by atoms with Gasteiger partial charge in [0.2, 0.25) is 0 Å². The van der Waals surface area contributed by atoms with Gasteiger partial charge in [0.05, 0.1) is 11.6 Å². The Hall–Kier alpha value is -1.37. The maximum absolute atomic E-state index is 8.83. The maximum Gasteiger partial charge on any atom is 0.0991 e. The van der Waals surface area contributed by atoms with E-state index in [-0.39, 0.29) is 0 Å². The van der Waals surface area contributed by atoms with Crippen LogP contribution in [0.3, 0.4) is 0 Å². The standard InChI is InChI=1S/C18H25N3/c19-13-16-3-5-17(6-4-16)14-21-11-7-18(8-12-21)15-20-9-1-2-10-20/h3-6,18H,1-2,7-12,14-15H2. The molecular weight excluding hydrogens is 258 g/mol. The molecule has 0 bridgehead atoms. The Morgan fingerprint density at radius 2 is 1.62 bits per heavy atom. The summed E-state index contributed by atoms with van der Waals surface area (Å²) < 4.78 is 0. The molecule has 21 heavy (non-hydrogen) atoms. The molecule has 1 aromatic rings. The largest absolute Gasteiger partial charge is 0.303 e. The predicted octanol–water partition coefficient (Wildman–Crippen LogP) is 2.87. The molecule has 0 N–H and O–H groups in total. The highest BCUT2D eigenvalue weighted by Gasteiger charge is 2.22. The fraction of sp³-hybridized carbons (Fsp3) is 0.611. The van der Waals surface area contributed by atoms with Gasteiger partial charge in [0.1, 0.15) is 0 Å². The molecule has 2 saturated heterocycles. The second-order valence-electron chi connectivity index (χ2n) is 6.54. The third-order valence-corrected chi connectivity index (χ3v) is 4.91. The number of piperidine rings is 1. The normalized spacial score (nSPS) is 21.5. The summed E-state index contributed by atoms with van der Waals surface area (Å²) >= 11 is 0. The van der Waals surface area contributed by atoms with Gasteiger partial charge < -0.3 is 4.90 Å². The summed E-state index contributed by atoms with van der Waals surface area (Å²) in [6, 6.07) is 10.2. The first-order chi connectivity index (χ1) is 10.3. The van der Waals surface area contributed by atoms with E-state index in [9.17, 15) is 0 Å². The summed E-state index contributed by atoms with van der Waals surface area (Å²) in [5.41, 5.74) is 2.08. The summed E-state index contributed by atoms with van der Waals surface area (Å²) in [7, 11) is 0. The lowest BCUT2D eigenvalue weighted by molar-refractivity contribution is 0.149. The van der Waals surface area contributed by atoms with Crippen LogP contribution in [0.2, 0.25) is 0 Å². The van der Waals surface area contributed by atoms with Crippen LogP contribution >= 0.6 is 0 Å². The topological polar surface area (TPSA) is 30.3 Å². The zero-order valence-corrected chi connectivity index (χ0v) is 12.8. The third-order valence-electron chi connectivity index (χ3n) is 4.91. The highest BCUT2D eigenvalue weighted by atomic mass is 15.2. The first kappa shape index (κ1) is 14.6. The molecule has 0 spiro atoms. The number of likely N-dealkylation sites (tertiary alicyclic amines) is 2. The molecule has 112 valence electrons. The summed E-state index contributed by atoms with van der Waals surface area (Å²) in [6.07, 6.45) is 5.48. The SMILES string of the molecule is N#Cc1ccc(CN2CCC(CN3CCCC3)CC2)cc1. The Balaban J connectivity index is 1.43. The van der Waals surface area contributed by atoms with Crippen LogP contribution < -0.4 is 0 Å². The quantitative estimate of drug-likeness (QED) is 0.851. The summed E-state index contributed by atoms with van der Waals surface area (Å²) in [4.78, 5) is 5.21. The second kappa shape index (κ2) is 7.06. The molecule has 0 aliphatic carbocycles. The zero-order valence-electron chi connectivity index (χ0n) is 12.8. The average molecular weight is 283 g/mol. The Kier molecular flexibility index (Phi) is 4.90. The number of hydrogen-bond acceptors (Lipinski definition) is 3. The Morgan fingerprint density at radius 3 is 2.24 bits per heavy atom. The van der Waals surface area contributed by atoms with Gasteiger partial charge in [-0.25, -0.2) is 0 Å². The Morgan fingerprint density at radius 1 is 0.952 bits per heavy atom. The van der Waals surface area contributed by atoms with Gasteiger partial charge in [-0.1, -0.05) is 12.1 Å². The smallest absolute Gasteiger partial charge is 0.0991 e. The van der Waals surface area contributed by atoms with Gasteiger partial charge >= 0.3 is 0 Å². The lowest BCUT2D eigenvalue weighted by Crippen LogP contribution is -2.37. The van der Waals surface area contributed by atoms with Gasteiger partial charge in [-0.05, 0) is 75.5 Å². The number of benzene rings is 1. The van der Waals surface area contributed by atoms with E-state index in [1.54, 1.807) is 0 Å². The highest BCUT2D eigenvalue weighted by molar-refractivity contribution is 5.31. The van der Waals surface area contributed by atoms with E-state index in [1.165, 1.54) is 64.0 Å². The molecular formula is C18H25N3. The summed E-state index contributed by atoms with van der Waals surface area (Å²) in [5, 5.41) is 8.83. The van der Waals surface area contributed by atoms with Gasteiger partial charge in [0.15, 0.2) is 0 Å². The predicted molar refractivity (Wildman–Crippen MR) is 84.8 cm³/mol. The Labute approximate surface area is 128 Å². The van der Waals surface area contributed by atoms with Crippen LogP contribution in [0.5, 0.6) is 0 Å². The van der Waals surface area contributed by atoms with Crippen molar-refractivity contribution in [2.45, 2.75) is 32.2 Å². The van der Waals surface area contributed by atoms with Crippen LogP contribution in [0.15, 0.2) is 24.3 Å². The zero-order chi connectivity index (χ0) is 14.5. The van der Waals surface area contributed by atoms with Crippen molar-refractivity contribution in [2.24, 2.45) is 5.92 Å². The van der Waals surface area contributed by atoms with Crippen molar-refractivity contribution in [1.82, 2.24) is 9.80 Å². The molecule has 0 atom stereocenters. The minimum absolute atomic E-state index is 0.753. The third kappa shape index (κ3) is 4.06. The van der Waals surface area contributed by atoms with Gasteiger partial charge in [-0.2, -0.15) is 5.26 Å². The average Bonchev–Trinajstić information content (AvgIpc) is 3.03. The molecule has 3 heteroatoms. The monoisotopic (exact) mass is 283 g/mol. The minimum atomic E-state index is 0.753. The molecule has 0 radical (unpaired) electrons. The van der Waals surface area contributed by atoms with Gasteiger partial charge in [0.25, 0.3) is 0 Å². The van der Waals surface area contributed by atoms with Crippen molar-refractivity contribution in [3.8, 4) is 6.07 Å². The molecule has 0 amide bonds. The van der Waals surface area contributed by atoms with E-state index < -0.39 is 0 Å². The van der Waals surface area contributed by atoms with E-state index in [2.05, 4.69) is 28.0 Å². The van der Waals surface area contributed by atoms with E-state index in [4.69, 9.17) is 5.26 Å². The molecule has 2 heterocycles. The molecule has 0 saturated carbocycles. The van der Waals surface area contributed by atoms with Crippen molar-refractivity contribution in [3.63, 3.8) is 0 Å². The lowest BCUT2D eigenvalue weighted by Gasteiger charge is -2.33. The fourth-order valence-corrected chi connectivity index (χ4v) is 3.60. The van der Waals surface area contributed by atoms with E-state index in [0.717, 1.165) is 18.0 Å². The van der Waals surface area contributed by atoms with Gasteiger partial charge in [0, 0.05) is 13.1 Å². The highest BCUT2D eigenvalue weighted by Crippen LogP contribution is 2.21. The fourth-order valence-electron chi connectivity index (χ4n) is 3.60. The Bertz CT molecular complexity index is 474. The van der Waals surface area contributed by atoms with E-state index in [1.807, 2.05) is 12.1 Å². The number of nitrogens with zero attached hydrogens (tertiary/aromatic N) is 3. The first-order valence-electron chi connectivity index (χ1n) is 8.27. The molecule has 3 nitrogen and oxygen atoms in total. The second-order valence-corrected chi connectivity index (χ2v) is 6.54. The number of nitriles is 1. The van der Waals surface area contributed by atoms with E-state index in [0.29, 0.717) is 0 Å². The molecule has 0 unspecified atom stereocenters. The molecule has 0 aromatic heterocycles. The van der Waals surface area contributed by atoms with Crippen LogP contribution in [-0.2, 0) is 6.54 Å². The summed E-state index contributed by atoms with van der Waals surface area (Å²) in [6.45, 7) is 7.45. The first-order valence-corrected chi connectivity index (χ1v) is 8.27. The lowest BCUT2D eigenvalue weighted by atomic mass is 9.96. The summed E-state index contributed by atoms with van der Waals surface area (Å²) in [5.74, 6) is 0.903. The van der Waals surface area contributed by atoms with Crippen LogP contribution in [0.4, 0.5) is 0 Å². The molecule has 2 fully saturated rings. The maximum atomic E-state index is 8.83. The van der Waals surface area contributed by atoms with Crippen molar-refractivity contribution >= 4 is 0 Å². The number of rotatable bonds is 4. The van der Waals surface area contributed by atoms with Crippen LogP contribution in [-0.4, -0.2) is 42.5 Å². The van der Waals surface area contributed by atoms with Gasteiger partial charge in [-0.15, -0.1) is 0 Å². The van der Waals surface area contributed by atoms with Crippen molar-refractivity contribution < 1.29 is 0 Å². The van der Waals surface area contributed by atoms with Crippen LogP contribution in [0.1, 0.15) is 36.8 Å². The van der Waals surface area contributed by atoms with Gasteiger partial charge in [-0.3, -0.25) is 4.90 Å². The molecule has 3 rings (SSSR count). The number of hydrogen-bond donors (Lipinski definition) is 0. The van der Waals surface area contributed by atoms with Crippen LogP contribution in [0.25, 0.3) is 0 Å². The minimum Gasteiger partial charge on any atom is -0.303 e. The molecule has 2 aliphatic heterocycles. The van der Waals surface area contributed by atoms with Crippen molar-refractivity contribution in [1.29, 1.82) is 5.26 Å². The van der Waals surface area contributed by atoms with Crippen molar-refractivity contribution in [2.75, 3.05) is 32.7 Å². The molecule has 1 aromatic carbocycles.